The van der Waals surface area contributed by atoms with Gasteiger partial charge in [0.2, 0.25) is 5.91 Å². The fraction of sp³-hybridized carbons (Fsp3) is 0.467. The molecule has 0 aromatic heterocycles. The Kier molecular flexibility index (Phi) is 2.57. The molecule has 0 aliphatic carbocycles. The normalized spacial score (nSPS) is 27.4. The van der Waals surface area contributed by atoms with Gasteiger partial charge in [-0.05, 0) is 30.0 Å². The van der Waals surface area contributed by atoms with E-state index in [1.165, 1.54) is 0 Å². The molecule has 5 nitrogen and oxygen atoms in total. The highest BCUT2D eigenvalue weighted by Gasteiger charge is 2.40. The molecule has 5 heteroatoms. The SMILES string of the molecule is O=C1Cc2ccc(C(=O)N3CC[C@H]4CNC[C@H]43)cc2N1. The number of hydrogen-bond acceptors (Lipinski definition) is 3. The number of nitrogens with one attached hydrogen (secondary N) is 2. The molecule has 4 rings (SSSR count). The molecule has 0 bridgehead atoms. The number of fused-ring (bicyclic) bond motifs is 2. The average Bonchev–Trinajstić information content (AvgIpc) is 3.10. The molecular weight excluding hydrogens is 254 g/mol. The first-order chi connectivity index (χ1) is 9.72. The van der Waals surface area contributed by atoms with E-state index in [9.17, 15) is 9.59 Å². The van der Waals surface area contributed by atoms with E-state index >= 15 is 0 Å². The van der Waals surface area contributed by atoms with Crippen molar-refractivity contribution in [1.29, 1.82) is 0 Å². The van der Waals surface area contributed by atoms with Crippen LogP contribution in [-0.4, -0.2) is 42.4 Å². The lowest BCUT2D eigenvalue weighted by atomic mass is 10.0. The van der Waals surface area contributed by atoms with Crippen LogP contribution in [0.25, 0.3) is 0 Å². The summed E-state index contributed by atoms with van der Waals surface area (Å²) in [4.78, 5) is 26.0. The van der Waals surface area contributed by atoms with Gasteiger partial charge in [-0.25, -0.2) is 0 Å². The lowest BCUT2D eigenvalue weighted by Gasteiger charge is -2.23. The monoisotopic (exact) mass is 271 g/mol. The van der Waals surface area contributed by atoms with Gasteiger partial charge in [-0.15, -0.1) is 0 Å². The number of likely N-dealkylation sites (tertiary alicyclic amines) is 1. The van der Waals surface area contributed by atoms with E-state index < -0.39 is 0 Å². The second-order valence-corrected chi connectivity index (χ2v) is 5.87. The molecule has 0 spiro atoms. The molecule has 3 heterocycles. The summed E-state index contributed by atoms with van der Waals surface area (Å²) in [6.45, 7) is 2.77. The maximum Gasteiger partial charge on any atom is 0.254 e. The second-order valence-electron chi connectivity index (χ2n) is 5.87. The largest absolute Gasteiger partial charge is 0.334 e. The highest BCUT2D eigenvalue weighted by molar-refractivity contribution is 6.02. The summed E-state index contributed by atoms with van der Waals surface area (Å²) >= 11 is 0. The van der Waals surface area contributed by atoms with Gasteiger partial charge in [-0.1, -0.05) is 6.07 Å². The molecule has 2 N–H and O–H groups in total. The summed E-state index contributed by atoms with van der Waals surface area (Å²) in [7, 11) is 0. The van der Waals surface area contributed by atoms with Crippen molar-refractivity contribution in [3.05, 3.63) is 29.3 Å². The van der Waals surface area contributed by atoms with Crippen LogP contribution in [0.15, 0.2) is 18.2 Å². The standard InChI is InChI=1S/C15H17N3O2/c19-14-6-9-1-2-10(5-12(9)17-14)15(20)18-4-3-11-7-16-8-13(11)18/h1-2,5,11,13,16H,3-4,6-8H2,(H,17,19)/t11-,13+/m0/s1. The molecule has 3 aliphatic rings. The summed E-state index contributed by atoms with van der Waals surface area (Å²) in [5, 5.41) is 6.16. The molecule has 104 valence electrons. The van der Waals surface area contributed by atoms with Gasteiger partial charge in [0.15, 0.2) is 0 Å². The molecule has 0 saturated carbocycles. The van der Waals surface area contributed by atoms with Crippen LogP contribution in [-0.2, 0) is 11.2 Å². The third-order valence-electron chi connectivity index (χ3n) is 4.69. The molecule has 1 aromatic rings. The molecule has 2 amide bonds. The summed E-state index contributed by atoms with van der Waals surface area (Å²) < 4.78 is 0. The molecule has 2 saturated heterocycles. The minimum atomic E-state index is 0.00540. The van der Waals surface area contributed by atoms with Crippen molar-refractivity contribution in [2.75, 3.05) is 25.0 Å². The van der Waals surface area contributed by atoms with Gasteiger partial charge in [0.1, 0.15) is 0 Å². The van der Waals surface area contributed by atoms with Gasteiger partial charge in [0.05, 0.1) is 6.42 Å². The molecule has 3 aliphatic heterocycles. The smallest absolute Gasteiger partial charge is 0.254 e. The number of anilines is 1. The highest BCUT2D eigenvalue weighted by atomic mass is 16.2. The first kappa shape index (κ1) is 11.9. The van der Waals surface area contributed by atoms with Gasteiger partial charge in [0, 0.05) is 36.9 Å². The Morgan fingerprint density at radius 2 is 2.20 bits per heavy atom. The Balaban J connectivity index is 1.60. The van der Waals surface area contributed by atoms with Crippen LogP contribution in [0.3, 0.4) is 0 Å². The van der Waals surface area contributed by atoms with Crippen LogP contribution >= 0.6 is 0 Å². The first-order valence-corrected chi connectivity index (χ1v) is 7.17. The first-order valence-electron chi connectivity index (χ1n) is 7.17. The number of hydrogen-bond donors (Lipinski definition) is 2. The zero-order chi connectivity index (χ0) is 13.7. The minimum absolute atomic E-state index is 0.00540. The zero-order valence-electron chi connectivity index (χ0n) is 11.2. The van der Waals surface area contributed by atoms with E-state index in [1.54, 1.807) is 0 Å². The molecular formula is C15H17N3O2. The van der Waals surface area contributed by atoms with Crippen LogP contribution in [0.1, 0.15) is 22.3 Å². The topological polar surface area (TPSA) is 61.4 Å². The number of benzene rings is 1. The Morgan fingerprint density at radius 3 is 3.10 bits per heavy atom. The van der Waals surface area contributed by atoms with Crippen LogP contribution in [0.2, 0.25) is 0 Å². The van der Waals surface area contributed by atoms with Crippen molar-refractivity contribution in [2.24, 2.45) is 5.92 Å². The number of amides is 2. The Hall–Kier alpha value is -1.88. The third-order valence-corrected chi connectivity index (χ3v) is 4.69. The average molecular weight is 271 g/mol. The van der Waals surface area contributed by atoms with E-state index in [4.69, 9.17) is 0 Å². The van der Waals surface area contributed by atoms with Gasteiger partial charge in [0.25, 0.3) is 5.91 Å². The van der Waals surface area contributed by atoms with Crippen LogP contribution in [0.4, 0.5) is 5.69 Å². The lowest BCUT2D eigenvalue weighted by Crippen LogP contribution is -2.39. The van der Waals surface area contributed by atoms with Crippen LogP contribution in [0.5, 0.6) is 0 Å². The van der Waals surface area contributed by atoms with Crippen molar-refractivity contribution >= 4 is 17.5 Å². The van der Waals surface area contributed by atoms with E-state index in [2.05, 4.69) is 10.6 Å². The number of carbonyl (C=O) groups excluding carboxylic acids is 2. The Labute approximate surface area is 117 Å². The van der Waals surface area contributed by atoms with E-state index in [0.29, 0.717) is 23.9 Å². The molecule has 2 atom stereocenters. The quantitative estimate of drug-likeness (QED) is 0.787. The number of rotatable bonds is 1. The maximum atomic E-state index is 12.7. The summed E-state index contributed by atoms with van der Waals surface area (Å²) in [5.74, 6) is 0.698. The molecule has 0 radical (unpaired) electrons. The lowest BCUT2D eigenvalue weighted by molar-refractivity contribution is -0.115. The van der Waals surface area contributed by atoms with Crippen molar-refractivity contribution in [3.8, 4) is 0 Å². The Bertz CT molecular complexity index is 599. The van der Waals surface area contributed by atoms with Gasteiger partial charge in [-0.2, -0.15) is 0 Å². The third kappa shape index (κ3) is 1.73. The van der Waals surface area contributed by atoms with Crippen molar-refractivity contribution in [2.45, 2.75) is 18.9 Å². The minimum Gasteiger partial charge on any atom is -0.334 e. The van der Waals surface area contributed by atoms with Crippen LogP contribution < -0.4 is 10.6 Å². The molecule has 1 aromatic carbocycles. The summed E-state index contributed by atoms with van der Waals surface area (Å²) in [5.41, 5.74) is 2.45. The molecule has 2 fully saturated rings. The van der Waals surface area contributed by atoms with Gasteiger partial charge in [-0.3, -0.25) is 9.59 Å². The van der Waals surface area contributed by atoms with Crippen molar-refractivity contribution in [1.82, 2.24) is 10.2 Å². The van der Waals surface area contributed by atoms with Crippen LogP contribution in [0, 0.1) is 5.92 Å². The fourth-order valence-electron chi connectivity index (χ4n) is 3.61. The Morgan fingerprint density at radius 1 is 1.30 bits per heavy atom. The molecule has 0 unspecified atom stereocenters. The highest BCUT2D eigenvalue weighted by Crippen LogP contribution is 2.30. The van der Waals surface area contributed by atoms with E-state index in [-0.39, 0.29) is 11.8 Å². The predicted octanol–water partition coefficient (Wildman–Crippen LogP) is 0.615. The predicted molar refractivity (Wildman–Crippen MR) is 74.6 cm³/mol. The van der Waals surface area contributed by atoms with E-state index in [1.807, 2.05) is 23.1 Å². The van der Waals surface area contributed by atoms with E-state index in [0.717, 1.165) is 37.3 Å². The van der Waals surface area contributed by atoms with Gasteiger partial charge < -0.3 is 15.5 Å². The number of carbonyl (C=O) groups is 2. The van der Waals surface area contributed by atoms with Crippen molar-refractivity contribution in [3.63, 3.8) is 0 Å². The summed E-state index contributed by atoms with van der Waals surface area (Å²) in [6.07, 6.45) is 1.51. The maximum absolute atomic E-state index is 12.7. The fourth-order valence-corrected chi connectivity index (χ4v) is 3.61. The zero-order valence-corrected chi connectivity index (χ0v) is 11.2. The van der Waals surface area contributed by atoms with Gasteiger partial charge >= 0.3 is 0 Å². The summed E-state index contributed by atoms with van der Waals surface area (Å²) in [6, 6.07) is 5.89. The molecule has 20 heavy (non-hydrogen) atoms. The number of nitrogens with zero attached hydrogens (tertiary/aromatic N) is 1. The van der Waals surface area contributed by atoms with Crippen molar-refractivity contribution < 1.29 is 9.59 Å². The second kappa shape index (κ2) is 4.31.